The Labute approximate surface area is 117 Å². The van der Waals surface area contributed by atoms with Gasteiger partial charge in [0.05, 0.1) is 16.3 Å². The number of rotatable bonds is 3. The number of para-hydroxylation sites is 1. The average molecular weight is 272 g/mol. The molecule has 3 nitrogen and oxygen atoms in total. The Kier molecular flexibility index (Phi) is 3.94. The van der Waals surface area contributed by atoms with Crippen LogP contribution < -0.4 is 10.6 Å². The maximum atomic E-state index is 9.18. The molecule has 19 heavy (non-hydrogen) atoms. The maximum absolute atomic E-state index is 9.18. The van der Waals surface area contributed by atoms with Crippen LogP contribution in [0.4, 0.5) is 11.4 Å². The second kappa shape index (κ2) is 5.64. The van der Waals surface area contributed by atoms with Gasteiger partial charge < -0.3 is 10.6 Å². The lowest BCUT2D eigenvalue weighted by Gasteiger charge is -2.21. The molecule has 0 atom stereocenters. The third-order valence-corrected chi connectivity index (χ3v) is 3.29. The molecule has 4 heteroatoms. The number of hydrogen-bond donors (Lipinski definition) is 1. The molecule has 0 fully saturated rings. The van der Waals surface area contributed by atoms with Crippen LogP contribution in [0.15, 0.2) is 42.5 Å². The molecule has 0 unspecified atom stereocenters. The van der Waals surface area contributed by atoms with Gasteiger partial charge in [-0.3, -0.25) is 0 Å². The lowest BCUT2D eigenvalue weighted by atomic mass is 10.1. The first-order chi connectivity index (χ1) is 9.13. The van der Waals surface area contributed by atoms with Crippen LogP contribution >= 0.6 is 11.6 Å². The van der Waals surface area contributed by atoms with Crippen molar-refractivity contribution in [2.24, 2.45) is 0 Å². The summed E-state index contributed by atoms with van der Waals surface area (Å²) in [7, 11) is 1.92. The third kappa shape index (κ3) is 2.81. The van der Waals surface area contributed by atoms with E-state index in [4.69, 9.17) is 17.3 Å². The van der Waals surface area contributed by atoms with E-state index in [-0.39, 0.29) is 0 Å². The summed E-state index contributed by atoms with van der Waals surface area (Å²) in [6, 6.07) is 15.3. The minimum absolute atomic E-state index is 0.466. The molecule has 2 N–H and O–H groups in total. The fraction of sp³-hybridized carbons (Fsp3) is 0.133. The predicted octanol–water partition coefficient (Wildman–Crippen LogP) is 3.43. The molecular weight excluding hydrogens is 258 g/mol. The van der Waals surface area contributed by atoms with E-state index in [1.165, 1.54) is 0 Å². The summed E-state index contributed by atoms with van der Waals surface area (Å²) in [6.45, 7) is 0.627. The molecule has 2 aromatic rings. The van der Waals surface area contributed by atoms with Gasteiger partial charge in [-0.05, 0) is 23.8 Å². The summed E-state index contributed by atoms with van der Waals surface area (Å²) in [6.07, 6.45) is 0. The van der Waals surface area contributed by atoms with Crippen molar-refractivity contribution in [3.63, 3.8) is 0 Å². The lowest BCUT2D eigenvalue weighted by Crippen LogP contribution is -2.18. The van der Waals surface area contributed by atoms with Crippen LogP contribution in [-0.4, -0.2) is 7.05 Å². The van der Waals surface area contributed by atoms with E-state index in [0.29, 0.717) is 17.1 Å². The summed E-state index contributed by atoms with van der Waals surface area (Å²) in [5.74, 6) is 0. The Balaban J connectivity index is 2.31. The van der Waals surface area contributed by atoms with Crippen LogP contribution in [0.2, 0.25) is 5.02 Å². The van der Waals surface area contributed by atoms with Crippen LogP contribution in [0.3, 0.4) is 0 Å². The molecule has 0 aliphatic rings. The van der Waals surface area contributed by atoms with Gasteiger partial charge in [0, 0.05) is 19.3 Å². The molecule has 0 spiro atoms. The molecule has 0 radical (unpaired) electrons. The summed E-state index contributed by atoms with van der Waals surface area (Å²) >= 11 is 6.03. The van der Waals surface area contributed by atoms with E-state index in [0.717, 1.165) is 16.9 Å². The number of anilines is 2. The number of nitrogen functional groups attached to an aromatic ring is 1. The monoisotopic (exact) mass is 271 g/mol. The van der Waals surface area contributed by atoms with Crippen LogP contribution in [-0.2, 0) is 6.54 Å². The van der Waals surface area contributed by atoms with E-state index in [1.54, 1.807) is 6.07 Å². The second-order valence-corrected chi connectivity index (χ2v) is 4.71. The van der Waals surface area contributed by atoms with Gasteiger partial charge in [-0.2, -0.15) is 5.26 Å². The molecular formula is C15H14ClN3. The van der Waals surface area contributed by atoms with Crippen molar-refractivity contribution < 1.29 is 0 Å². The number of hydrogen-bond acceptors (Lipinski definition) is 3. The zero-order valence-corrected chi connectivity index (χ0v) is 11.4. The zero-order valence-electron chi connectivity index (χ0n) is 10.6. The van der Waals surface area contributed by atoms with Crippen molar-refractivity contribution in [2.75, 3.05) is 17.7 Å². The fourth-order valence-corrected chi connectivity index (χ4v) is 2.17. The molecule has 0 saturated carbocycles. The van der Waals surface area contributed by atoms with E-state index < -0.39 is 0 Å². The SMILES string of the molecule is CN(Cc1ccccc1N)c1cccc(Cl)c1C#N. The van der Waals surface area contributed by atoms with E-state index in [2.05, 4.69) is 6.07 Å². The molecule has 0 heterocycles. The molecule has 96 valence electrons. The smallest absolute Gasteiger partial charge is 0.103 e. The largest absolute Gasteiger partial charge is 0.398 e. The van der Waals surface area contributed by atoms with Gasteiger partial charge in [0.15, 0.2) is 0 Å². The first-order valence-corrected chi connectivity index (χ1v) is 6.24. The summed E-state index contributed by atoms with van der Waals surface area (Å²) < 4.78 is 0. The highest BCUT2D eigenvalue weighted by atomic mass is 35.5. The minimum Gasteiger partial charge on any atom is -0.398 e. The van der Waals surface area contributed by atoms with Gasteiger partial charge in [-0.15, -0.1) is 0 Å². The Morgan fingerprint density at radius 3 is 2.63 bits per heavy atom. The van der Waals surface area contributed by atoms with Gasteiger partial charge >= 0.3 is 0 Å². The number of nitriles is 1. The summed E-state index contributed by atoms with van der Waals surface area (Å²) in [5, 5.41) is 9.65. The molecule has 0 bridgehead atoms. The highest BCUT2D eigenvalue weighted by Gasteiger charge is 2.11. The van der Waals surface area contributed by atoms with Crippen molar-refractivity contribution in [2.45, 2.75) is 6.54 Å². The van der Waals surface area contributed by atoms with E-state index in [9.17, 15) is 5.26 Å². The Hall–Kier alpha value is -2.18. The standard InChI is InChI=1S/C15H14ClN3/c1-19(10-11-5-2-3-7-14(11)18)15-8-4-6-13(16)12(15)9-17/h2-8H,10,18H2,1H3. The molecule has 2 rings (SSSR count). The van der Waals surface area contributed by atoms with Gasteiger partial charge in [0.1, 0.15) is 6.07 Å². The maximum Gasteiger partial charge on any atom is 0.103 e. The lowest BCUT2D eigenvalue weighted by molar-refractivity contribution is 0.923. The van der Waals surface area contributed by atoms with Crippen molar-refractivity contribution >= 4 is 23.0 Å². The predicted molar refractivity (Wildman–Crippen MR) is 79.1 cm³/mol. The fourth-order valence-electron chi connectivity index (χ4n) is 1.96. The van der Waals surface area contributed by atoms with Crippen molar-refractivity contribution in [1.29, 1.82) is 5.26 Å². The molecule has 2 aromatic carbocycles. The van der Waals surface area contributed by atoms with Gasteiger partial charge in [0.2, 0.25) is 0 Å². The molecule has 0 aliphatic carbocycles. The Morgan fingerprint density at radius 1 is 1.21 bits per heavy atom. The minimum atomic E-state index is 0.466. The van der Waals surface area contributed by atoms with Gasteiger partial charge in [0.25, 0.3) is 0 Å². The highest BCUT2D eigenvalue weighted by Crippen LogP contribution is 2.27. The third-order valence-electron chi connectivity index (χ3n) is 2.98. The number of benzene rings is 2. The summed E-state index contributed by atoms with van der Waals surface area (Å²) in [5.41, 5.74) is 8.99. The Bertz CT molecular complexity index is 632. The second-order valence-electron chi connectivity index (χ2n) is 4.30. The number of nitrogens with zero attached hydrogens (tertiary/aromatic N) is 2. The molecule has 0 saturated heterocycles. The summed E-state index contributed by atoms with van der Waals surface area (Å²) in [4.78, 5) is 1.97. The number of nitrogens with two attached hydrogens (primary N) is 1. The van der Waals surface area contributed by atoms with Gasteiger partial charge in [-0.1, -0.05) is 35.9 Å². The van der Waals surface area contributed by atoms with Crippen molar-refractivity contribution in [3.05, 3.63) is 58.6 Å². The average Bonchev–Trinajstić information content (AvgIpc) is 2.41. The van der Waals surface area contributed by atoms with Crippen molar-refractivity contribution in [3.8, 4) is 6.07 Å². The zero-order chi connectivity index (χ0) is 13.8. The van der Waals surface area contributed by atoms with Gasteiger partial charge in [-0.25, -0.2) is 0 Å². The quantitative estimate of drug-likeness (QED) is 0.870. The molecule has 0 aromatic heterocycles. The van der Waals surface area contributed by atoms with Crippen LogP contribution in [0, 0.1) is 11.3 Å². The topological polar surface area (TPSA) is 53.0 Å². The molecule has 0 aliphatic heterocycles. The molecule has 0 amide bonds. The highest BCUT2D eigenvalue weighted by molar-refractivity contribution is 6.32. The van der Waals surface area contributed by atoms with Crippen LogP contribution in [0.1, 0.15) is 11.1 Å². The van der Waals surface area contributed by atoms with Crippen LogP contribution in [0.5, 0.6) is 0 Å². The van der Waals surface area contributed by atoms with Crippen LogP contribution in [0.25, 0.3) is 0 Å². The van der Waals surface area contributed by atoms with E-state index >= 15 is 0 Å². The van der Waals surface area contributed by atoms with Crippen molar-refractivity contribution in [1.82, 2.24) is 0 Å². The normalized spacial score (nSPS) is 9.95. The first kappa shape index (κ1) is 13.3. The number of halogens is 1. The van der Waals surface area contributed by atoms with E-state index in [1.807, 2.05) is 48.3 Å². The first-order valence-electron chi connectivity index (χ1n) is 5.86. The Morgan fingerprint density at radius 2 is 1.95 bits per heavy atom.